The predicted octanol–water partition coefficient (Wildman–Crippen LogP) is 1.25. The Hall–Kier alpha value is -0.120. The molecule has 1 aliphatic carbocycles. The van der Waals surface area contributed by atoms with Crippen LogP contribution in [0.15, 0.2) is 0 Å². The predicted molar refractivity (Wildman–Crippen MR) is 66.2 cm³/mol. The lowest BCUT2D eigenvalue weighted by molar-refractivity contribution is -0.0971. The molecule has 2 rings (SSSR count). The first-order chi connectivity index (χ1) is 7.45. The van der Waals surface area contributed by atoms with Crippen molar-refractivity contribution in [2.24, 2.45) is 17.6 Å². The van der Waals surface area contributed by atoms with Gasteiger partial charge in [0.1, 0.15) is 0 Å². The number of rotatable bonds is 1. The second-order valence-electron chi connectivity index (χ2n) is 6.32. The highest BCUT2D eigenvalue weighted by Crippen LogP contribution is 2.43. The van der Waals surface area contributed by atoms with Gasteiger partial charge in [-0.05, 0) is 50.5 Å². The summed E-state index contributed by atoms with van der Waals surface area (Å²) in [6.07, 6.45) is 5.01. The first-order valence-corrected chi connectivity index (χ1v) is 6.67. The molecule has 3 nitrogen and oxygen atoms in total. The molecular formula is C13H26N2O. The molecule has 94 valence electrons. The Labute approximate surface area is 98.8 Å². The van der Waals surface area contributed by atoms with Gasteiger partial charge in [0, 0.05) is 6.54 Å². The van der Waals surface area contributed by atoms with Crippen molar-refractivity contribution in [3.63, 3.8) is 0 Å². The van der Waals surface area contributed by atoms with E-state index in [-0.39, 0.29) is 0 Å². The van der Waals surface area contributed by atoms with Gasteiger partial charge in [-0.3, -0.25) is 0 Å². The van der Waals surface area contributed by atoms with Crippen LogP contribution in [-0.2, 0) is 0 Å². The molecule has 1 saturated carbocycles. The molecule has 1 heterocycles. The molecule has 1 aliphatic heterocycles. The van der Waals surface area contributed by atoms with Gasteiger partial charge in [-0.25, -0.2) is 0 Å². The van der Waals surface area contributed by atoms with E-state index >= 15 is 0 Å². The van der Waals surface area contributed by atoms with Crippen LogP contribution in [0.25, 0.3) is 0 Å². The molecule has 0 bridgehead atoms. The highest BCUT2D eigenvalue weighted by molar-refractivity contribution is 5.09. The summed E-state index contributed by atoms with van der Waals surface area (Å²) in [5, 5.41) is 14.3. The minimum absolute atomic E-state index is 0.409. The van der Waals surface area contributed by atoms with Crippen LogP contribution in [0.1, 0.15) is 46.0 Å². The third kappa shape index (κ3) is 2.13. The second kappa shape index (κ2) is 4.28. The van der Waals surface area contributed by atoms with E-state index in [4.69, 9.17) is 5.73 Å². The van der Waals surface area contributed by atoms with Gasteiger partial charge in [-0.15, -0.1) is 0 Å². The Morgan fingerprint density at radius 1 is 1.25 bits per heavy atom. The maximum absolute atomic E-state index is 10.9. The summed E-state index contributed by atoms with van der Waals surface area (Å²) in [4.78, 5) is 0. The molecule has 0 aromatic rings. The molecule has 0 amide bonds. The number of aliphatic hydroxyl groups is 1. The average molecular weight is 226 g/mol. The number of hydrogen-bond acceptors (Lipinski definition) is 3. The van der Waals surface area contributed by atoms with Crippen molar-refractivity contribution >= 4 is 0 Å². The summed E-state index contributed by atoms with van der Waals surface area (Å²) in [6.45, 7) is 6.28. The minimum Gasteiger partial charge on any atom is -0.388 e. The van der Waals surface area contributed by atoms with Crippen LogP contribution in [-0.4, -0.2) is 29.3 Å². The van der Waals surface area contributed by atoms with E-state index in [9.17, 15) is 5.11 Å². The molecule has 1 saturated heterocycles. The normalized spacial score (nSPS) is 50.2. The number of nitrogens with one attached hydrogen (secondary N) is 1. The van der Waals surface area contributed by atoms with Crippen molar-refractivity contribution in [2.45, 2.75) is 57.1 Å². The fraction of sp³-hybridized carbons (Fsp3) is 1.00. The van der Waals surface area contributed by atoms with Gasteiger partial charge < -0.3 is 16.2 Å². The van der Waals surface area contributed by atoms with Crippen molar-refractivity contribution in [1.29, 1.82) is 0 Å². The summed E-state index contributed by atoms with van der Waals surface area (Å²) in [6, 6.07) is 0. The van der Waals surface area contributed by atoms with Crippen molar-refractivity contribution in [3.8, 4) is 0 Å². The molecule has 0 spiro atoms. The van der Waals surface area contributed by atoms with E-state index in [0.717, 1.165) is 38.8 Å². The molecule has 0 radical (unpaired) electrons. The van der Waals surface area contributed by atoms with E-state index < -0.39 is 11.1 Å². The van der Waals surface area contributed by atoms with Crippen molar-refractivity contribution in [1.82, 2.24) is 5.32 Å². The summed E-state index contributed by atoms with van der Waals surface area (Å²) >= 11 is 0. The van der Waals surface area contributed by atoms with E-state index in [2.05, 4.69) is 19.2 Å². The van der Waals surface area contributed by atoms with Crippen molar-refractivity contribution < 1.29 is 5.11 Å². The van der Waals surface area contributed by atoms with Gasteiger partial charge in [-0.2, -0.15) is 0 Å². The number of hydrogen-bond donors (Lipinski definition) is 3. The van der Waals surface area contributed by atoms with Crippen LogP contribution < -0.4 is 11.1 Å². The molecule has 2 fully saturated rings. The summed E-state index contributed by atoms with van der Waals surface area (Å²) < 4.78 is 0. The van der Waals surface area contributed by atoms with Gasteiger partial charge in [-0.1, -0.05) is 13.8 Å². The molecule has 3 heteroatoms. The molecule has 3 atom stereocenters. The Balaban J connectivity index is 2.15. The lowest BCUT2D eigenvalue weighted by Gasteiger charge is -2.52. The van der Waals surface area contributed by atoms with Crippen molar-refractivity contribution in [3.05, 3.63) is 0 Å². The zero-order chi connectivity index (χ0) is 11.8. The maximum atomic E-state index is 10.9. The topological polar surface area (TPSA) is 58.3 Å². The third-order valence-corrected chi connectivity index (χ3v) is 4.52. The SMILES string of the molecule is CC1CC(C)CC(O)(C2(N)CCCNC2)C1. The largest absolute Gasteiger partial charge is 0.388 e. The maximum Gasteiger partial charge on any atom is 0.0843 e. The Kier molecular flexibility index (Phi) is 3.30. The van der Waals surface area contributed by atoms with Gasteiger partial charge in [0.2, 0.25) is 0 Å². The van der Waals surface area contributed by atoms with E-state index in [1.807, 2.05) is 0 Å². The standard InChI is InChI=1S/C13H26N2O/c1-10-6-11(2)8-13(16,7-10)12(14)4-3-5-15-9-12/h10-11,15-16H,3-9,14H2,1-2H3. The van der Waals surface area contributed by atoms with Crippen LogP contribution in [0.2, 0.25) is 0 Å². The summed E-state index contributed by atoms with van der Waals surface area (Å²) in [7, 11) is 0. The molecular weight excluding hydrogens is 200 g/mol. The average Bonchev–Trinajstić information content (AvgIpc) is 2.16. The molecule has 3 unspecified atom stereocenters. The first-order valence-electron chi connectivity index (χ1n) is 6.67. The van der Waals surface area contributed by atoms with Crippen LogP contribution in [0.5, 0.6) is 0 Å². The van der Waals surface area contributed by atoms with Gasteiger partial charge in [0.15, 0.2) is 0 Å². The summed E-state index contributed by atoms with van der Waals surface area (Å²) in [5.41, 5.74) is 5.42. The molecule has 16 heavy (non-hydrogen) atoms. The molecule has 0 aromatic heterocycles. The van der Waals surface area contributed by atoms with Crippen LogP contribution in [0.4, 0.5) is 0 Å². The third-order valence-electron chi connectivity index (χ3n) is 4.52. The zero-order valence-corrected chi connectivity index (χ0v) is 10.6. The molecule has 0 aromatic carbocycles. The first kappa shape index (κ1) is 12.3. The molecule has 2 aliphatic rings. The Bertz CT molecular complexity index is 238. The van der Waals surface area contributed by atoms with Gasteiger partial charge >= 0.3 is 0 Å². The minimum atomic E-state index is -0.655. The highest BCUT2D eigenvalue weighted by Gasteiger charge is 2.50. The van der Waals surface area contributed by atoms with E-state index in [0.29, 0.717) is 11.8 Å². The fourth-order valence-electron chi connectivity index (χ4n) is 3.82. The smallest absolute Gasteiger partial charge is 0.0843 e. The Morgan fingerprint density at radius 2 is 1.88 bits per heavy atom. The van der Waals surface area contributed by atoms with Crippen LogP contribution in [0.3, 0.4) is 0 Å². The number of piperidine rings is 1. The highest BCUT2D eigenvalue weighted by atomic mass is 16.3. The quantitative estimate of drug-likeness (QED) is 0.631. The van der Waals surface area contributed by atoms with Crippen LogP contribution in [0, 0.1) is 11.8 Å². The van der Waals surface area contributed by atoms with Crippen LogP contribution >= 0.6 is 0 Å². The molecule has 4 N–H and O–H groups in total. The van der Waals surface area contributed by atoms with Gasteiger partial charge in [0.25, 0.3) is 0 Å². The van der Waals surface area contributed by atoms with Crippen molar-refractivity contribution in [2.75, 3.05) is 13.1 Å². The van der Waals surface area contributed by atoms with E-state index in [1.165, 1.54) is 6.42 Å². The van der Waals surface area contributed by atoms with Gasteiger partial charge in [0.05, 0.1) is 11.1 Å². The monoisotopic (exact) mass is 226 g/mol. The summed E-state index contributed by atoms with van der Waals surface area (Å²) in [5.74, 6) is 1.19. The Morgan fingerprint density at radius 3 is 2.38 bits per heavy atom. The lowest BCUT2D eigenvalue weighted by atomic mass is 9.63. The fourth-order valence-corrected chi connectivity index (χ4v) is 3.82. The zero-order valence-electron chi connectivity index (χ0n) is 10.6. The van der Waals surface area contributed by atoms with E-state index in [1.54, 1.807) is 0 Å². The lowest BCUT2D eigenvalue weighted by Crippen LogP contribution is -2.68. The second-order valence-corrected chi connectivity index (χ2v) is 6.32. The number of nitrogens with two attached hydrogens (primary N) is 1.